The molecule has 0 bridgehead atoms. The van der Waals surface area contributed by atoms with Gasteiger partial charge in [0.05, 0.1) is 17.7 Å². The third kappa shape index (κ3) is 5.23. The van der Waals surface area contributed by atoms with Crippen LogP contribution in [-0.2, 0) is 0 Å². The Morgan fingerprint density at radius 3 is 2.44 bits per heavy atom. The van der Waals surface area contributed by atoms with Gasteiger partial charge in [-0.25, -0.2) is 0 Å². The summed E-state index contributed by atoms with van der Waals surface area (Å²) >= 11 is 6.30. The van der Waals surface area contributed by atoms with E-state index in [-0.39, 0.29) is 17.8 Å². The van der Waals surface area contributed by atoms with Crippen molar-refractivity contribution in [3.8, 4) is 11.5 Å². The van der Waals surface area contributed by atoms with E-state index >= 15 is 0 Å². The maximum Gasteiger partial charge on any atom is 0.255 e. The van der Waals surface area contributed by atoms with Crippen molar-refractivity contribution in [3.63, 3.8) is 0 Å². The summed E-state index contributed by atoms with van der Waals surface area (Å²) in [6, 6.07) is 8.32. The zero-order valence-electron chi connectivity index (χ0n) is 16.2. The van der Waals surface area contributed by atoms with Crippen LogP contribution in [0, 0.1) is 6.92 Å². The fourth-order valence-electron chi connectivity index (χ4n) is 2.66. The summed E-state index contributed by atoms with van der Waals surface area (Å²) in [6.07, 6.45) is -0.0969. The molecule has 0 atom stereocenters. The summed E-state index contributed by atoms with van der Waals surface area (Å²) in [5.74, 6) is 0.501. The standard InChI is InChI=1S/C21H24ClNO4/c1-6-26-20-18(22)10-15(11-19(20)27-12(2)3)21(25)23-16-7-8-17(14(5)24)13(4)9-16/h7-12H,6H2,1-5H3,(H,23,25). The van der Waals surface area contributed by atoms with Gasteiger partial charge in [0.15, 0.2) is 17.3 Å². The Bertz CT molecular complexity index is 862. The molecule has 0 aliphatic heterocycles. The largest absolute Gasteiger partial charge is 0.488 e. The molecule has 144 valence electrons. The monoisotopic (exact) mass is 389 g/mol. The summed E-state index contributed by atoms with van der Waals surface area (Å²) in [4.78, 5) is 24.2. The number of anilines is 1. The van der Waals surface area contributed by atoms with Crippen LogP contribution in [0.25, 0.3) is 0 Å². The third-order valence-corrected chi connectivity index (χ3v) is 4.07. The van der Waals surface area contributed by atoms with E-state index < -0.39 is 0 Å². The number of Topliss-reactive ketones (excluding diaryl/α,β-unsaturated/α-hetero) is 1. The number of ketones is 1. The molecule has 27 heavy (non-hydrogen) atoms. The first-order chi connectivity index (χ1) is 12.7. The summed E-state index contributed by atoms with van der Waals surface area (Å²) in [5, 5.41) is 3.13. The minimum absolute atomic E-state index is 0.0147. The Labute approximate surface area is 164 Å². The highest BCUT2D eigenvalue weighted by atomic mass is 35.5. The lowest BCUT2D eigenvalue weighted by molar-refractivity contribution is 0.101. The van der Waals surface area contributed by atoms with E-state index in [0.29, 0.717) is 39.9 Å². The van der Waals surface area contributed by atoms with Gasteiger partial charge in [-0.2, -0.15) is 0 Å². The fourth-order valence-corrected chi connectivity index (χ4v) is 2.93. The van der Waals surface area contributed by atoms with E-state index in [1.54, 1.807) is 30.3 Å². The first kappa shape index (κ1) is 20.8. The molecule has 0 radical (unpaired) electrons. The Balaban J connectivity index is 2.31. The fraction of sp³-hybridized carbons (Fsp3) is 0.333. The molecule has 0 aromatic heterocycles. The van der Waals surface area contributed by atoms with Crippen molar-refractivity contribution in [1.82, 2.24) is 0 Å². The minimum Gasteiger partial charge on any atom is -0.488 e. The number of halogens is 1. The van der Waals surface area contributed by atoms with Crippen molar-refractivity contribution in [3.05, 3.63) is 52.0 Å². The van der Waals surface area contributed by atoms with E-state index in [0.717, 1.165) is 5.56 Å². The average molecular weight is 390 g/mol. The summed E-state index contributed by atoms with van der Waals surface area (Å²) in [7, 11) is 0. The van der Waals surface area contributed by atoms with E-state index in [2.05, 4.69) is 5.32 Å². The van der Waals surface area contributed by atoms with Gasteiger partial charge in [-0.05, 0) is 70.5 Å². The number of ether oxygens (including phenoxy) is 2. The Morgan fingerprint density at radius 1 is 1.19 bits per heavy atom. The lowest BCUT2D eigenvalue weighted by Gasteiger charge is -2.17. The first-order valence-corrected chi connectivity index (χ1v) is 9.16. The molecule has 0 saturated heterocycles. The second-order valence-corrected chi connectivity index (χ2v) is 6.83. The van der Waals surface area contributed by atoms with Gasteiger partial charge in [0.25, 0.3) is 5.91 Å². The van der Waals surface area contributed by atoms with Crippen LogP contribution >= 0.6 is 11.6 Å². The predicted molar refractivity (Wildman–Crippen MR) is 108 cm³/mol. The number of aryl methyl sites for hydroxylation is 1. The van der Waals surface area contributed by atoms with E-state index in [9.17, 15) is 9.59 Å². The molecule has 0 spiro atoms. The number of hydrogen-bond acceptors (Lipinski definition) is 4. The van der Waals surface area contributed by atoms with Crippen LogP contribution in [0.15, 0.2) is 30.3 Å². The average Bonchev–Trinajstić information content (AvgIpc) is 2.56. The smallest absolute Gasteiger partial charge is 0.255 e. The van der Waals surface area contributed by atoms with E-state index in [1.807, 2.05) is 27.7 Å². The predicted octanol–water partition coefficient (Wildman–Crippen LogP) is 5.29. The van der Waals surface area contributed by atoms with E-state index in [1.165, 1.54) is 6.92 Å². The second kappa shape index (κ2) is 8.91. The summed E-state index contributed by atoms with van der Waals surface area (Å²) in [6.45, 7) is 9.39. The van der Waals surface area contributed by atoms with Gasteiger partial charge in [-0.1, -0.05) is 11.6 Å². The highest BCUT2D eigenvalue weighted by Gasteiger charge is 2.17. The molecule has 0 heterocycles. The maximum absolute atomic E-state index is 12.7. The second-order valence-electron chi connectivity index (χ2n) is 6.42. The SMILES string of the molecule is CCOc1c(Cl)cc(C(=O)Nc2ccc(C(C)=O)c(C)c2)cc1OC(C)C. The molecule has 0 saturated carbocycles. The quantitative estimate of drug-likeness (QED) is 0.653. The highest BCUT2D eigenvalue weighted by molar-refractivity contribution is 6.32. The Hall–Kier alpha value is -2.53. The zero-order chi connectivity index (χ0) is 20.1. The van der Waals surface area contributed by atoms with Gasteiger partial charge in [-0.3, -0.25) is 9.59 Å². The first-order valence-electron chi connectivity index (χ1n) is 8.78. The number of nitrogens with one attached hydrogen (secondary N) is 1. The molecular formula is C21H24ClNO4. The van der Waals surface area contributed by atoms with Gasteiger partial charge < -0.3 is 14.8 Å². The van der Waals surface area contributed by atoms with Gasteiger partial charge in [0.1, 0.15) is 0 Å². The number of rotatable bonds is 7. The van der Waals surface area contributed by atoms with Crippen molar-refractivity contribution in [2.24, 2.45) is 0 Å². The molecule has 6 heteroatoms. The van der Waals surface area contributed by atoms with Gasteiger partial charge >= 0.3 is 0 Å². The van der Waals surface area contributed by atoms with Crippen LogP contribution in [0.5, 0.6) is 11.5 Å². The zero-order valence-corrected chi connectivity index (χ0v) is 16.9. The van der Waals surface area contributed by atoms with Crippen molar-refractivity contribution >= 4 is 29.0 Å². The third-order valence-electron chi connectivity index (χ3n) is 3.79. The van der Waals surface area contributed by atoms with Crippen LogP contribution in [-0.4, -0.2) is 24.4 Å². The summed E-state index contributed by atoms with van der Waals surface area (Å²) < 4.78 is 11.3. The molecular weight excluding hydrogens is 366 g/mol. The van der Waals surface area contributed by atoms with Crippen LogP contribution < -0.4 is 14.8 Å². The number of amides is 1. The van der Waals surface area contributed by atoms with Crippen LogP contribution in [0.1, 0.15) is 54.0 Å². The molecule has 2 rings (SSSR count). The van der Waals surface area contributed by atoms with Gasteiger partial charge in [0, 0.05) is 16.8 Å². The van der Waals surface area contributed by atoms with Crippen molar-refractivity contribution < 1.29 is 19.1 Å². The van der Waals surface area contributed by atoms with Crippen molar-refractivity contribution in [2.45, 2.75) is 40.7 Å². The van der Waals surface area contributed by atoms with E-state index in [4.69, 9.17) is 21.1 Å². The number of hydrogen-bond donors (Lipinski definition) is 1. The Kier molecular flexibility index (Phi) is 6.86. The van der Waals surface area contributed by atoms with Gasteiger partial charge in [0.2, 0.25) is 0 Å². The molecule has 5 nitrogen and oxygen atoms in total. The number of carbonyl (C=O) groups excluding carboxylic acids is 2. The molecule has 0 aliphatic rings. The topological polar surface area (TPSA) is 64.6 Å². The maximum atomic E-state index is 12.7. The van der Waals surface area contributed by atoms with Gasteiger partial charge in [-0.15, -0.1) is 0 Å². The van der Waals surface area contributed by atoms with Crippen molar-refractivity contribution in [2.75, 3.05) is 11.9 Å². The molecule has 0 unspecified atom stereocenters. The number of benzene rings is 2. The van der Waals surface area contributed by atoms with Crippen LogP contribution in [0.2, 0.25) is 5.02 Å². The lowest BCUT2D eigenvalue weighted by atomic mass is 10.0. The molecule has 1 amide bonds. The normalized spacial score (nSPS) is 10.6. The highest BCUT2D eigenvalue weighted by Crippen LogP contribution is 2.37. The van der Waals surface area contributed by atoms with Crippen LogP contribution in [0.3, 0.4) is 0 Å². The van der Waals surface area contributed by atoms with Crippen molar-refractivity contribution in [1.29, 1.82) is 0 Å². The summed E-state index contributed by atoms with van der Waals surface area (Å²) in [5.41, 5.74) is 2.38. The molecule has 2 aromatic carbocycles. The van der Waals surface area contributed by atoms with Crippen LogP contribution in [0.4, 0.5) is 5.69 Å². The molecule has 0 fully saturated rings. The minimum atomic E-state index is -0.330. The molecule has 1 N–H and O–H groups in total. The molecule has 0 aliphatic carbocycles. The number of carbonyl (C=O) groups is 2. The molecule has 2 aromatic rings. The Morgan fingerprint density at radius 2 is 1.89 bits per heavy atom. The lowest BCUT2D eigenvalue weighted by Crippen LogP contribution is -2.14.